The molecule has 5 heteroatoms. The van der Waals surface area contributed by atoms with Gasteiger partial charge in [-0.3, -0.25) is 0 Å². The summed E-state index contributed by atoms with van der Waals surface area (Å²) in [6.07, 6.45) is 0. The Morgan fingerprint density at radius 2 is 2.00 bits per heavy atom. The van der Waals surface area contributed by atoms with Crippen molar-refractivity contribution >= 4 is 22.9 Å². The van der Waals surface area contributed by atoms with Crippen LogP contribution in [0.15, 0.2) is 22.9 Å². The maximum atomic E-state index is 13.9. The van der Waals surface area contributed by atoms with Crippen LogP contribution in [0.3, 0.4) is 0 Å². The molecule has 1 heterocycles. The standard InChI is InChI=1S/C13H12ClF2NS/c1-7-5-18-6-8(7)13(17-2)11-9(14)3-4-10(15)12(11)16/h3-6,13,17H,1-2H3. The summed E-state index contributed by atoms with van der Waals surface area (Å²) in [7, 11) is 1.70. The number of thiophene rings is 1. The van der Waals surface area contributed by atoms with Gasteiger partial charge in [-0.05, 0) is 48.0 Å². The summed E-state index contributed by atoms with van der Waals surface area (Å²) in [5.74, 6) is -1.78. The summed E-state index contributed by atoms with van der Waals surface area (Å²) in [5, 5.41) is 7.08. The largest absolute Gasteiger partial charge is 0.309 e. The topological polar surface area (TPSA) is 12.0 Å². The maximum absolute atomic E-state index is 13.9. The lowest BCUT2D eigenvalue weighted by molar-refractivity contribution is 0.487. The number of benzene rings is 1. The van der Waals surface area contributed by atoms with E-state index in [9.17, 15) is 8.78 Å². The van der Waals surface area contributed by atoms with Gasteiger partial charge >= 0.3 is 0 Å². The molecule has 0 spiro atoms. The molecule has 0 aliphatic rings. The lowest BCUT2D eigenvalue weighted by Gasteiger charge is -2.19. The van der Waals surface area contributed by atoms with Crippen LogP contribution in [0, 0.1) is 18.6 Å². The van der Waals surface area contributed by atoms with Gasteiger partial charge in [0.1, 0.15) is 0 Å². The molecule has 1 N–H and O–H groups in total. The van der Waals surface area contributed by atoms with E-state index in [1.165, 1.54) is 17.4 Å². The predicted octanol–water partition coefficient (Wildman–Crippen LogP) is 4.30. The number of nitrogens with one attached hydrogen (secondary N) is 1. The molecule has 0 saturated heterocycles. The van der Waals surface area contributed by atoms with Crippen LogP contribution in [-0.4, -0.2) is 7.05 Å². The third kappa shape index (κ3) is 2.28. The van der Waals surface area contributed by atoms with Crippen LogP contribution in [0.5, 0.6) is 0 Å². The lowest BCUT2D eigenvalue weighted by Crippen LogP contribution is -2.20. The van der Waals surface area contributed by atoms with Crippen molar-refractivity contribution in [2.24, 2.45) is 0 Å². The lowest BCUT2D eigenvalue weighted by atomic mass is 9.98. The van der Waals surface area contributed by atoms with Crippen molar-refractivity contribution in [1.29, 1.82) is 0 Å². The summed E-state index contributed by atoms with van der Waals surface area (Å²) in [5.41, 5.74) is 2.09. The summed E-state index contributed by atoms with van der Waals surface area (Å²) in [6, 6.07) is 1.97. The molecule has 0 amide bonds. The average molecular weight is 288 g/mol. The van der Waals surface area contributed by atoms with Crippen molar-refractivity contribution in [1.82, 2.24) is 5.32 Å². The SMILES string of the molecule is CNC(c1cscc1C)c1c(Cl)ccc(F)c1F. The first kappa shape index (κ1) is 13.5. The number of rotatable bonds is 3. The van der Waals surface area contributed by atoms with E-state index in [-0.39, 0.29) is 10.6 Å². The van der Waals surface area contributed by atoms with E-state index in [2.05, 4.69) is 5.32 Å². The summed E-state index contributed by atoms with van der Waals surface area (Å²) in [6.45, 7) is 1.93. The molecule has 0 aliphatic heterocycles. The normalized spacial score (nSPS) is 12.7. The van der Waals surface area contributed by atoms with Gasteiger partial charge in [0.15, 0.2) is 11.6 Å². The number of aryl methyl sites for hydroxylation is 1. The summed E-state index contributed by atoms with van der Waals surface area (Å²) < 4.78 is 27.3. The fourth-order valence-electron chi connectivity index (χ4n) is 1.93. The van der Waals surface area contributed by atoms with E-state index < -0.39 is 17.7 Å². The molecule has 1 aromatic carbocycles. The summed E-state index contributed by atoms with van der Waals surface area (Å²) in [4.78, 5) is 0. The van der Waals surface area contributed by atoms with Crippen LogP contribution in [-0.2, 0) is 0 Å². The second-order valence-electron chi connectivity index (χ2n) is 3.99. The quantitative estimate of drug-likeness (QED) is 0.830. The zero-order valence-corrected chi connectivity index (χ0v) is 11.5. The van der Waals surface area contributed by atoms with Gasteiger partial charge in [0.2, 0.25) is 0 Å². The Bertz CT molecular complexity index is 568. The highest BCUT2D eigenvalue weighted by Gasteiger charge is 2.23. The zero-order chi connectivity index (χ0) is 13.3. The second kappa shape index (κ2) is 5.34. The minimum atomic E-state index is -0.896. The fraction of sp³-hybridized carbons (Fsp3) is 0.231. The van der Waals surface area contributed by atoms with Gasteiger partial charge in [0.25, 0.3) is 0 Å². The molecule has 2 rings (SSSR count). The van der Waals surface area contributed by atoms with Crippen molar-refractivity contribution in [3.63, 3.8) is 0 Å². The van der Waals surface area contributed by atoms with Crippen LogP contribution in [0.1, 0.15) is 22.7 Å². The number of hydrogen-bond donors (Lipinski definition) is 1. The monoisotopic (exact) mass is 287 g/mol. The van der Waals surface area contributed by atoms with Gasteiger partial charge in [-0.25, -0.2) is 8.78 Å². The van der Waals surface area contributed by atoms with Crippen LogP contribution in [0.4, 0.5) is 8.78 Å². The minimum Gasteiger partial charge on any atom is -0.309 e. The Labute approximate surface area is 113 Å². The van der Waals surface area contributed by atoms with E-state index in [1.807, 2.05) is 17.7 Å². The maximum Gasteiger partial charge on any atom is 0.165 e. The Morgan fingerprint density at radius 1 is 1.28 bits per heavy atom. The number of hydrogen-bond acceptors (Lipinski definition) is 2. The zero-order valence-electron chi connectivity index (χ0n) is 9.93. The molecule has 1 unspecified atom stereocenters. The molecule has 0 fully saturated rings. The van der Waals surface area contributed by atoms with Crippen molar-refractivity contribution in [2.75, 3.05) is 7.05 Å². The minimum absolute atomic E-state index is 0.153. The van der Waals surface area contributed by atoms with Gasteiger partial charge in [0, 0.05) is 10.6 Å². The van der Waals surface area contributed by atoms with Crippen molar-refractivity contribution in [2.45, 2.75) is 13.0 Å². The third-order valence-corrected chi connectivity index (χ3v) is 4.07. The Kier molecular flexibility index (Phi) is 4.00. The Hall–Kier alpha value is -0.970. The van der Waals surface area contributed by atoms with Gasteiger partial charge in [-0.2, -0.15) is 11.3 Å². The Morgan fingerprint density at radius 3 is 2.56 bits per heavy atom. The van der Waals surface area contributed by atoms with Gasteiger partial charge in [-0.1, -0.05) is 11.6 Å². The van der Waals surface area contributed by atoms with Gasteiger partial charge in [0.05, 0.1) is 6.04 Å². The van der Waals surface area contributed by atoms with Crippen LogP contribution >= 0.6 is 22.9 Å². The molecule has 0 saturated carbocycles. The summed E-state index contributed by atoms with van der Waals surface area (Å²) >= 11 is 7.52. The molecular weight excluding hydrogens is 276 g/mol. The van der Waals surface area contributed by atoms with Gasteiger partial charge in [-0.15, -0.1) is 0 Å². The molecule has 0 bridgehead atoms. The van der Waals surface area contributed by atoms with Crippen LogP contribution in [0.2, 0.25) is 5.02 Å². The third-order valence-electron chi connectivity index (χ3n) is 2.86. The first-order chi connectivity index (χ1) is 8.56. The molecule has 2 aromatic rings. The highest BCUT2D eigenvalue weighted by atomic mass is 35.5. The fourth-order valence-corrected chi connectivity index (χ4v) is 3.06. The van der Waals surface area contributed by atoms with Crippen LogP contribution in [0.25, 0.3) is 0 Å². The van der Waals surface area contributed by atoms with E-state index in [0.717, 1.165) is 17.2 Å². The highest BCUT2D eigenvalue weighted by Crippen LogP contribution is 2.34. The molecule has 0 aliphatic carbocycles. The van der Waals surface area contributed by atoms with Crippen molar-refractivity contribution < 1.29 is 8.78 Å². The molecular formula is C13H12ClF2NS. The molecule has 0 radical (unpaired) electrons. The highest BCUT2D eigenvalue weighted by molar-refractivity contribution is 7.08. The van der Waals surface area contributed by atoms with E-state index in [4.69, 9.17) is 11.6 Å². The van der Waals surface area contributed by atoms with E-state index >= 15 is 0 Å². The van der Waals surface area contributed by atoms with Crippen LogP contribution < -0.4 is 5.32 Å². The number of halogens is 3. The second-order valence-corrected chi connectivity index (χ2v) is 5.14. The predicted molar refractivity (Wildman–Crippen MR) is 71.3 cm³/mol. The smallest absolute Gasteiger partial charge is 0.165 e. The molecule has 96 valence electrons. The first-order valence-electron chi connectivity index (χ1n) is 5.39. The first-order valence-corrected chi connectivity index (χ1v) is 6.71. The molecule has 1 nitrogen and oxygen atoms in total. The van der Waals surface area contributed by atoms with Crippen molar-refractivity contribution in [3.8, 4) is 0 Å². The van der Waals surface area contributed by atoms with Crippen molar-refractivity contribution in [3.05, 3.63) is 56.2 Å². The Balaban J connectivity index is 2.59. The molecule has 1 atom stereocenters. The van der Waals surface area contributed by atoms with Gasteiger partial charge < -0.3 is 5.32 Å². The van der Waals surface area contributed by atoms with E-state index in [0.29, 0.717) is 0 Å². The average Bonchev–Trinajstić information content (AvgIpc) is 2.76. The van der Waals surface area contributed by atoms with E-state index in [1.54, 1.807) is 7.05 Å². The molecule has 1 aromatic heterocycles. The molecule has 18 heavy (non-hydrogen) atoms.